The molecule has 0 saturated carbocycles. The van der Waals surface area contributed by atoms with Gasteiger partial charge >= 0.3 is 0 Å². The number of nitrogens with zero attached hydrogens (tertiary/aromatic N) is 1. The summed E-state index contributed by atoms with van der Waals surface area (Å²) in [7, 11) is 0. The number of amides is 1. The second-order valence-electron chi connectivity index (χ2n) is 3.89. The maximum Gasteiger partial charge on any atom is 0.224 e. The fourth-order valence-corrected chi connectivity index (χ4v) is 1.73. The van der Waals surface area contributed by atoms with Crippen LogP contribution in [0.5, 0.6) is 0 Å². The number of hydrogen-bond acceptors (Lipinski definition) is 2. The fourth-order valence-electron chi connectivity index (χ4n) is 1.60. The number of aromatic nitrogens is 2. The van der Waals surface area contributed by atoms with Crippen molar-refractivity contribution in [1.82, 2.24) is 10.2 Å². The van der Waals surface area contributed by atoms with Crippen LogP contribution in [0.4, 0.5) is 5.69 Å². The summed E-state index contributed by atoms with van der Waals surface area (Å²) in [6, 6.07) is 9.51. The molecule has 5 heteroatoms. The van der Waals surface area contributed by atoms with E-state index in [4.69, 9.17) is 11.6 Å². The van der Waals surface area contributed by atoms with Gasteiger partial charge in [-0.2, -0.15) is 5.10 Å². The predicted molar refractivity (Wildman–Crippen MR) is 72.6 cm³/mol. The number of hydrogen-bond donors (Lipinski definition) is 2. The first kappa shape index (κ1) is 12.6. The van der Waals surface area contributed by atoms with E-state index in [1.165, 1.54) is 0 Å². The van der Waals surface area contributed by atoms with Gasteiger partial charge in [0.05, 0.1) is 5.69 Å². The molecule has 1 aromatic heterocycles. The van der Waals surface area contributed by atoms with E-state index in [-0.39, 0.29) is 5.91 Å². The summed E-state index contributed by atoms with van der Waals surface area (Å²) >= 11 is 5.54. The summed E-state index contributed by atoms with van der Waals surface area (Å²) in [5.74, 6) is 0.497. The number of carbonyl (C=O) groups is 1. The highest BCUT2D eigenvalue weighted by molar-refractivity contribution is 6.18. The van der Waals surface area contributed by atoms with Crippen LogP contribution < -0.4 is 5.32 Å². The number of nitrogens with one attached hydrogen (secondary N) is 2. The molecule has 0 unspecified atom stereocenters. The summed E-state index contributed by atoms with van der Waals surface area (Å²) in [4.78, 5) is 11.5. The van der Waals surface area contributed by atoms with Gasteiger partial charge in [0.25, 0.3) is 0 Å². The molecule has 0 fully saturated rings. The highest BCUT2D eigenvalue weighted by atomic mass is 35.5. The van der Waals surface area contributed by atoms with Crippen molar-refractivity contribution in [1.29, 1.82) is 0 Å². The maximum atomic E-state index is 11.5. The van der Waals surface area contributed by atoms with E-state index in [9.17, 15) is 4.79 Å². The number of halogens is 1. The van der Waals surface area contributed by atoms with E-state index in [0.717, 1.165) is 16.9 Å². The molecule has 0 radical (unpaired) electrons. The lowest BCUT2D eigenvalue weighted by atomic mass is 10.1. The average Bonchev–Trinajstić information content (AvgIpc) is 2.91. The summed E-state index contributed by atoms with van der Waals surface area (Å²) in [5.41, 5.74) is 2.78. The van der Waals surface area contributed by atoms with Crippen LogP contribution in [0.2, 0.25) is 0 Å². The molecule has 2 N–H and O–H groups in total. The van der Waals surface area contributed by atoms with Crippen molar-refractivity contribution in [2.45, 2.75) is 12.8 Å². The maximum absolute atomic E-state index is 11.5. The van der Waals surface area contributed by atoms with E-state index in [2.05, 4.69) is 15.5 Å². The van der Waals surface area contributed by atoms with E-state index >= 15 is 0 Å². The van der Waals surface area contributed by atoms with Gasteiger partial charge in [0.1, 0.15) is 0 Å². The number of alkyl halides is 1. The molecule has 0 aliphatic heterocycles. The zero-order valence-corrected chi connectivity index (χ0v) is 10.6. The fraction of sp³-hybridized carbons (Fsp3) is 0.231. The minimum absolute atomic E-state index is 0.00931. The molecule has 2 aromatic rings. The first-order valence-corrected chi connectivity index (χ1v) is 6.28. The van der Waals surface area contributed by atoms with Crippen LogP contribution in [-0.2, 0) is 4.79 Å². The molecule has 4 nitrogen and oxygen atoms in total. The lowest BCUT2D eigenvalue weighted by molar-refractivity contribution is -0.116. The second kappa shape index (κ2) is 6.21. The number of benzene rings is 1. The van der Waals surface area contributed by atoms with E-state index in [1.807, 2.05) is 30.3 Å². The zero-order valence-electron chi connectivity index (χ0n) is 9.82. The van der Waals surface area contributed by atoms with Crippen LogP contribution in [-0.4, -0.2) is 22.0 Å². The first-order chi connectivity index (χ1) is 8.79. The summed E-state index contributed by atoms with van der Waals surface area (Å²) in [6.45, 7) is 0. The number of aromatic amines is 1. The number of H-pyrrole nitrogens is 1. The topological polar surface area (TPSA) is 57.8 Å². The minimum atomic E-state index is -0.00931. The molecule has 0 aliphatic rings. The molecule has 1 aromatic carbocycles. The largest absolute Gasteiger partial charge is 0.326 e. The van der Waals surface area contributed by atoms with Gasteiger partial charge in [-0.1, -0.05) is 12.1 Å². The predicted octanol–water partition coefficient (Wildman–Crippen LogP) is 3.03. The quantitative estimate of drug-likeness (QED) is 0.815. The normalized spacial score (nSPS) is 10.3. The molecule has 0 aliphatic carbocycles. The molecule has 0 saturated heterocycles. The number of anilines is 1. The molecule has 1 heterocycles. The Hall–Kier alpha value is -1.81. The molecule has 0 spiro atoms. The molecule has 94 valence electrons. The highest BCUT2D eigenvalue weighted by Crippen LogP contribution is 2.18. The van der Waals surface area contributed by atoms with Gasteiger partial charge in [-0.25, -0.2) is 0 Å². The molecule has 0 bridgehead atoms. The van der Waals surface area contributed by atoms with Gasteiger partial charge in [-0.05, 0) is 30.2 Å². The van der Waals surface area contributed by atoms with E-state index in [0.29, 0.717) is 18.7 Å². The Morgan fingerprint density at radius 3 is 2.67 bits per heavy atom. The number of rotatable bonds is 5. The van der Waals surface area contributed by atoms with Crippen molar-refractivity contribution in [2.75, 3.05) is 11.2 Å². The molecule has 1 amide bonds. The molecular weight excluding hydrogens is 250 g/mol. The van der Waals surface area contributed by atoms with Crippen LogP contribution in [0.15, 0.2) is 36.5 Å². The summed E-state index contributed by atoms with van der Waals surface area (Å²) in [6.07, 6.45) is 2.85. The van der Waals surface area contributed by atoms with Crippen LogP contribution in [0, 0.1) is 0 Å². The van der Waals surface area contributed by atoms with Crippen LogP contribution >= 0.6 is 11.6 Å². The monoisotopic (exact) mass is 263 g/mol. The number of carbonyl (C=O) groups excluding carboxylic acids is 1. The Labute approximate surface area is 110 Å². The van der Waals surface area contributed by atoms with E-state index < -0.39 is 0 Å². The SMILES string of the molecule is O=C(CCCCl)Nc1ccc(-c2ccn[nH]2)cc1. The average molecular weight is 264 g/mol. The lowest BCUT2D eigenvalue weighted by Crippen LogP contribution is -2.11. The Kier molecular flexibility index (Phi) is 4.36. The molecular formula is C13H14ClN3O. The second-order valence-corrected chi connectivity index (χ2v) is 4.27. The van der Waals surface area contributed by atoms with Crippen LogP contribution in [0.1, 0.15) is 12.8 Å². The molecule has 0 atom stereocenters. The Balaban J connectivity index is 1.98. The van der Waals surface area contributed by atoms with Crippen molar-refractivity contribution in [3.63, 3.8) is 0 Å². The summed E-state index contributed by atoms with van der Waals surface area (Å²) in [5, 5.41) is 9.61. The Bertz CT molecular complexity index is 493. The van der Waals surface area contributed by atoms with Gasteiger partial charge < -0.3 is 5.32 Å². The third kappa shape index (κ3) is 3.34. The Morgan fingerprint density at radius 1 is 1.28 bits per heavy atom. The van der Waals surface area contributed by atoms with Gasteiger partial charge in [-0.15, -0.1) is 11.6 Å². The summed E-state index contributed by atoms with van der Waals surface area (Å²) < 4.78 is 0. The van der Waals surface area contributed by atoms with Crippen molar-refractivity contribution < 1.29 is 4.79 Å². The lowest BCUT2D eigenvalue weighted by Gasteiger charge is -2.05. The standard InChI is InChI=1S/C13H14ClN3O/c14-8-1-2-13(18)16-11-5-3-10(4-6-11)12-7-9-15-17-12/h3-7,9H,1-2,8H2,(H,15,17)(H,16,18). The van der Waals surface area contributed by atoms with Crippen molar-refractivity contribution in [3.05, 3.63) is 36.5 Å². The van der Waals surface area contributed by atoms with Gasteiger partial charge in [0, 0.05) is 24.2 Å². The molecule has 18 heavy (non-hydrogen) atoms. The van der Waals surface area contributed by atoms with Gasteiger partial charge in [0.2, 0.25) is 5.91 Å². The van der Waals surface area contributed by atoms with Crippen molar-refractivity contribution >= 4 is 23.2 Å². The van der Waals surface area contributed by atoms with Gasteiger partial charge in [0.15, 0.2) is 0 Å². The third-order valence-electron chi connectivity index (χ3n) is 2.52. The highest BCUT2D eigenvalue weighted by Gasteiger charge is 2.03. The Morgan fingerprint density at radius 2 is 2.06 bits per heavy atom. The van der Waals surface area contributed by atoms with Crippen molar-refractivity contribution in [3.8, 4) is 11.3 Å². The third-order valence-corrected chi connectivity index (χ3v) is 2.79. The van der Waals surface area contributed by atoms with Crippen LogP contribution in [0.25, 0.3) is 11.3 Å². The van der Waals surface area contributed by atoms with Gasteiger partial charge in [-0.3, -0.25) is 9.89 Å². The van der Waals surface area contributed by atoms with Crippen molar-refractivity contribution in [2.24, 2.45) is 0 Å². The first-order valence-electron chi connectivity index (χ1n) is 5.75. The minimum Gasteiger partial charge on any atom is -0.326 e. The zero-order chi connectivity index (χ0) is 12.8. The smallest absolute Gasteiger partial charge is 0.224 e. The van der Waals surface area contributed by atoms with E-state index in [1.54, 1.807) is 6.20 Å². The molecule has 2 rings (SSSR count). The van der Waals surface area contributed by atoms with Crippen LogP contribution in [0.3, 0.4) is 0 Å².